The highest BCUT2D eigenvalue weighted by Crippen LogP contribution is 2.31. The molecule has 2 saturated heterocycles. The predicted octanol–water partition coefficient (Wildman–Crippen LogP) is -2.96. The van der Waals surface area contributed by atoms with E-state index in [1.165, 1.54) is 25.3 Å². The maximum Gasteiger partial charge on any atom is 0.229 e. The van der Waals surface area contributed by atoms with Crippen LogP contribution in [-0.4, -0.2) is 111 Å². The molecule has 0 unspecified atom stereocenters. The molecule has 2 fully saturated rings. The summed E-state index contributed by atoms with van der Waals surface area (Å²) in [5, 5.41) is 69.3. The smallest absolute Gasteiger partial charge is 0.229 e. The molecule has 7 N–H and O–H groups in total. The van der Waals surface area contributed by atoms with E-state index in [4.69, 9.17) is 28.8 Å². The van der Waals surface area contributed by atoms with Gasteiger partial charge in [-0.1, -0.05) is 0 Å². The van der Waals surface area contributed by atoms with Gasteiger partial charge in [-0.25, -0.2) is 0 Å². The van der Waals surface area contributed by atoms with E-state index in [1.54, 1.807) is 0 Å². The van der Waals surface area contributed by atoms with Gasteiger partial charge in [-0.3, -0.25) is 0 Å². The largest absolute Gasteiger partial charge is 0.508 e. The van der Waals surface area contributed by atoms with Crippen molar-refractivity contribution in [3.8, 4) is 17.2 Å². The van der Waals surface area contributed by atoms with Gasteiger partial charge in [0.05, 0.1) is 26.9 Å². The summed E-state index contributed by atoms with van der Waals surface area (Å²) in [4.78, 5) is 0. The standard InChI is InChI=1S/C18H26O12/c1-26-9-2-8(20)3-10(4-9)29-16-14(23)13(22)12(21)11(30-16)5-27-17-15(24)18(25,6-19)7-28-17/h2-4,11-17,19-25H,5-7H2,1H3/t11-,12-,13+,14-,15+,16-,17-,18-/m1/s1. The Morgan fingerprint density at radius 2 is 1.73 bits per heavy atom. The van der Waals surface area contributed by atoms with Crippen LogP contribution < -0.4 is 9.47 Å². The number of ether oxygens (including phenoxy) is 5. The van der Waals surface area contributed by atoms with Gasteiger partial charge in [0.2, 0.25) is 6.29 Å². The van der Waals surface area contributed by atoms with Crippen LogP contribution >= 0.6 is 0 Å². The molecule has 2 heterocycles. The van der Waals surface area contributed by atoms with Crippen LogP contribution in [0.5, 0.6) is 17.2 Å². The maximum absolute atomic E-state index is 10.2. The number of aliphatic hydroxyl groups is 6. The van der Waals surface area contributed by atoms with Crippen molar-refractivity contribution in [2.45, 2.75) is 48.7 Å². The molecule has 3 rings (SSSR count). The summed E-state index contributed by atoms with van der Waals surface area (Å²) in [5.74, 6) is 0.181. The zero-order valence-electron chi connectivity index (χ0n) is 16.1. The fourth-order valence-corrected chi connectivity index (χ4v) is 3.15. The van der Waals surface area contributed by atoms with Gasteiger partial charge < -0.3 is 59.4 Å². The first kappa shape index (κ1) is 22.9. The molecule has 12 nitrogen and oxygen atoms in total. The number of hydrogen-bond donors (Lipinski definition) is 7. The highest BCUT2D eigenvalue weighted by atomic mass is 16.7. The van der Waals surface area contributed by atoms with Gasteiger partial charge in [-0.2, -0.15) is 0 Å². The quantitative estimate of drug-likeness (QED) is 0.231. The lowest BCUT2D eigenvalue weighted by Gasteiger charge is -2.40. The SMILES string of the molecule is COc1cc(O)cc(O[C@@H]2O[C@H](CO[C@@H]3OC[C@](O)(CO)[C@H]3O)[C@@H](O)[C@H](O)[C@H]2O)c1. The van der Waals surface area contributed by atoms with E-state index < -0.39 is 61.9 Å². The fraction of sp³-hybridized carbons (Fsp3) is 0.667. The second-order valence-electron chi connectivity index (χ2n) is 7.22. The van der Waals surface area contributed by atoms with Crippen LogP contribution in [0.25, 0.3) is 0 Å². The molecule has 1 aromatic rings. The van der Waals surface area contributed by atoms with Crippen molar-refractivity contribution >= 4 is 0 Å². The molecule has 0 bridgehead atoms. The lowest BCUT2D eigenvalue weighted by molar-refractivity contribution is -0.289. The van der Waals surface area contributed by atoms with Crippen molar-refractivity contribution in [2.75, 3.05) is 26.9 Å². The second-order valence-corrected chi connectivity index (χ2v) is 7.22. The summed E-state index contributed by atoms with van der Waals surface area (Å²) in [6.07, 6.45) is -10.3. The summed E-state index contributed by atoms with van der Waals surface area (Å²) in [5.41, 5.74) is -1.88. The minimum atomic E-state index is -1.88. The van der Waals surface area contributed by atoms with Crippen molar-refractivity contribution in [3.05, 3.63) is 18.2 Å². The van der Waals surface area contributed by atoms with Crippen molar-refractivity contribution in [2.24, 2.45) is 0 Å². The third-order valence-electron chi connectivity index (χ3n) is 5.03. The van der Waals surface area contributed by atoms with E-state index in [-0.39, 0.29) is 23.9 Å². The van der Waals surface area contributed by atoms with Crippen LogP contribution in [0, 0.1) is 0 Å². The van der Waals surface area contributed by atoms with Gasteiger partial charge in [0, 0.05) is 18.2 Å². The minimum absolute atomic E-state index is 0.0710. The molecular formula is C18H26O12. The highest BCUT2D eigenvalue weighted by molar-refractivity contribution is 5.41. The monoisotopic (exact) mass is 434 g/mol. The van der Waals surface area contributed by atoms with Gasteiger partial charge in [-0.05, 0) is 0 Å². The summed E-state index contributed by atoms with van der Waals surface area (Å²) in [6.45, 7) is -1.52. The molecule has 0 aromatic heterocycles. The molecule has 2 aliphatic heterocycles. The lowest BCUT2D eigenvalue weighted by atomic mass is 9.99. The van der Waals surface area contributed by atoms with Gasteiger partial charge in [-0.15, -0.1) is 0 Å². The molecule has 0 spiro atoms. The normalized spacial score (nSPS) is 39.1. The average Bonchev–Trinajstić information content (AvgIpc) is 3.01. The van der Waals surface area contributed by atoms with Gasteiger partial charge in [0.1, 0.15) is 53.4 Å². The lowest BCUT2D eigenvalue weighted by Crippen LogP contribution is -2.60. The van der Waals surface area contributed by atoms with Crippen molar-refractivity contribution in [3.63, 3.8) is 0 Å². The number of methoxy groups -OCH3 is 1. The van der Waals surface area contributed by atoms with Crippen LogP contribution in [0.2, 0.25) is 0 Å². The van der Waals surface area contributed by atoms with Gasteiger partial charge >= 0.3 is 0 Å². The molecule has 170 valence electrons. The number of phenolic OH excluding ortho intramolecular Hbond substituents is 1. The Morgan fingerprint density at radius 1 is 1.03 bits per heavy atom. The molecule has 0 radical (unpaired) electrons. The molecule has 12 heteroatoms. The number of hydrogen-bond acceptors (Lipinski definition) is 12. The third kappa shape index (κ3) is 4.61. The van der Waals surface area contributed by atoms with Crippen molar-refractivity contribution in [1.29, 1.82) is 0 Å². The summed E-state index contributed by atoms with van der Waals surface area (Å²) < 4.78 is 26.4. The molecule has 8 atom stereocenters. The highest BCUT2D eigenvalue weighted by Gasteiger charge is 2.50. The number of phenols is 1. The van der Waals surface area contributed by atoms with E-state index in [2.05, 4.69) is 0 Å². The fourth-order valence-electron chi connectivity index (χ4n) is 3.15. The summed E-state index contributed by atoms with van der Waals surface area (Å²) in [6, 6.07) is 3.98. The Hall–Kier alpha value is -1.74. The average molecular weight is 434 g/mol. The van der Waals surface area contributed by atoms with Gasteiger partial charge in [0.15, 0.2) is 6.29 Å². The van der Waals surface area contributed by atoms with Crippen molar-refractivity contribution in [1.82, 2.24) is 0 Å². The molecule has 0 saturated carbocycles. The van der Waals surface area contributed by atoms with Crippen LogP contribution in [0.4, 0.5) is 0 Å². The number of rotatable bonds is 7. The second kappa shape index (κ2) is 9.18. The molecule has 1 aromatic carbocycles. The first-order valence-electron chi connectivity index (χ1n) is 9.17. The molecule has 30 heavy (non-hydrogen) atoms. The maximum atomic E-state index is 10.2. The number of aliphatic hydroxyl groups excluding tert-OH is 5. The van der Waals surface area contributed by atoms with E-state index in [0.717, 1.165) is 0 Å². The minimum Gasteiger partial charge on any atom is -0.508 e. The van der Waals surface area contributed by atoms with Crippen LogP contribution in [0.15, 0.2) is 18.2 Å². The zero-order chi connectivity index (χ0) is 22.1. The van der Waals surface area contributed by atoms with E-state index in [0.29, 0.717) is 0 Å². The summed E-state index contributed by atoms with van der Waals surface area (Å²) >= 11 is 0. The third-order valence-corrected chi connectivity index (χ3v) is 5.03. The van der Waals surface area contributed by atoms with E-state index >= 15 is 0 Å². The Kier molecular flexibility index (Phi) is 7.02. The number of benzene rings is 1. The van der Waals surface area contributed by atoms with Gasteiger partial charge in [0.25, 0.3) is 0 Å². The molecule has 0 amide bonds. The Labute approximate surface area is 171 Å². The molecule has 0 aliphatic carbocycles. The van der Waals surface area contributed by atoms with E-state index in [9.17, 15) is 30.6 Å². The summed E-state index contributed by atoms with van der Waals surface area (Å²) in [7, 11) is 1.38. The zero-order valence-corrected chi connectivity index (χ0v) is 16.1. The molecular weight excluding hydrogens is 408 g/mol. The Balaban J connectivity index is 1.65. The van der Waals surface area contributed by atoms with Crippen LogP contribution in [0.1, 0.15) is 0 Å². The van der Waals surface area contributed by atoms with Crippen LogP contribution in [-0.2, 0) is 14.2 Å². The predicted molar refractivity (Wildman–Crippen MR) is 95.7 cm³/mol. The Morgan fingerprint density at radius 3 is 2.37 bits per heavy atom. The first-order chi connectivity index (χ1) is 14.2. The van der Waals surface area contributed by atoms with E-state index in [1.807, 2.05) is 0 Å². The van der Waals surface area contributed by atoms with Crippen LogP contribution in [0.3, 0.4) is 0 Å². The Bertz CT molecular complexity index is 716. The topological polar surface area (TPSA) is 188 Å². The molecule has 2 aliphatic rings. The van der Waals surface area contributed by atoms with Crippen molar-refractivity contribution < 1.29 is 59.4 Å². The number of aromatic hydroxyl groups is 1. The first-order valence-corrected chi connectivity index (χ1v) is 9.17.